The Morgan fingerprint density at radius 2 is 1.82 bits per heavy atom. The predicted octanol–water partition coefficient (Wildman–Crippen LogP) is 6.48. The van der Waals surface area contributed by atoms with Gasteiger partial charge in [0, 0.05) is 46.4 Å². The number of nitrogens with zero attached hydrogens (tertiary/aromatic N) is 3. The number of hydrogen-bond donors (Lipinski definition) is 1. The van der Waals surface area contributed by atoms with Crippen molar-refractivity contribution in [1.29, 1.82) is 5.26 Å². The number of likely N-dealkylation sites (tertiary alicyclic amines) is 1. The standard InChI is InChI=1S/C33H33Cl2N3O5S/c1-33(17-30(39)40)16-28(23-7-4-8-27(35)15-23)31(22-11-13-26(34)14-12-22)38(32(33)41)29(21-9-10-21)20-37(44(42)43)19-25-6-3-2-5-24(25)18-36/h2-8,11-15,21,28-29,31H,9-10,16-17,19-20H2,1H3,(H,39,40)(H,42,43)/p-1/t28-,29+,31+,33-/m0/s1. The summed E-state index contributed by atoms with van der Waals surface area (Å²) >= 11 is 10.0. The van der Waals surface area contributed by atoms with Crippen molar-refractivity contribution < 1.29 is 23.5 Å². The van der Waals surface area contributed by atoms with Crippen molar-refractivity contribution in [2.45, 2.75) is 57.2 Å². The number of benzene rings is 3. The number of amides is 1. The van der Waals surface area contributed by atoms with Crippen LogP contribution in [0.2, 0.25) is 10.0 Å². The number of hydrogen-bond acceptors (Lipinski definition) is 5. The summed E-state index contributed by atoms with van der Waals surface area (Å²) in [6, 6.07) is 22.4. The average Bonchev–Trinajstić information content (AvgIpc) is 3.82. The Bertz CT molecular complexity index is 1610. The Labute approximate surface area is 269 Å². The summed E-state index contributed by atoms with van der Waals surface area (Å²) in [5.74, 6) is -1.75. The highest BCUT2D eigenvalue weighted by Crippen LogP contribution is 2.54. The molecule has 1 heterocycles. The van der Waals surface area contributed by atoms with E-state index in [1.54, 1.807) is 54.3 Å². The maximum atomic E-state index is 14.7. The van der Waals surface area contributed by atoms with Crippen molar-refractivity contribution in [3.8, 4) is 6.07 Å². The highest BCUT2D eigenvalue weighted by molar-refractivity contribution is 7.76. The number of carboxylic acid groups (broad SMARTS) is 1. The molecule has 5 atom stereocenters. The first-order chi connectivity index (χ1) is 21.0. The number of halogens is 2. The highest BCUT2D eigenvalue weighted by atomic mass is 35.5. The van der Waals surface area contributed by atoms with Gasteiger partial charge in [0.05, 0.1) is 29.5 Å². The lowest BCUT2D eigenvalue weighted by Gasteiger charge is -2.52. The van der Waals surface area contributed by atoms with Gasteiger partial charge in [-0.1, -0.05) is 72.6 Å². The van der Waals surface area contributed by atoms with Gasteiger partial charge in [0.25, 0.3) is 0 Å². The second-order valence-electron chi connectivity index (χ2n) is 11.9. The Balaban J connectivity index is 1.64. The zero-order valence-corrected chi connectivity index (χ0v) is 26.4. The molecular weight excluding hydrogens is 621 g/mol. The van der Waals surface area contributed by atoms with Gasteiger partial charge in [-0.2, -0.15) is 5.26 Å². The number of aliphatic carboxylic acids is 1. The normalized spacial score (nSPS) is 23.3. The summed E-state index contributed by atoms with van der Waals surface area (Å²) in [6.07, 6.45) is 1.48. The summed E-state index contributed by atoms with van der Waals surface area (Å²) in [6.45, 7) is 1.63. The van der Waals surface area contributed by atoms with Gasteiger partial charge in [-0.05, 0) is 72.2 Å². The van der Waals surface area contributed by atoms with Crippen molar-refractivity contribution >= 4 is 46.3 Å². The van der Waals surface area contributed by atoms with E-state index in [0.717, 1.165) is 24.0 Å². The van der Waals surface area contributed by atoms with Crippen LogP contribution in [0.4, 0.5) is 0 Å². The number of carboxylic acids is 1. The zero-order chi connectivity index (χ0) is 31.6. The molecule has 8 nitrogen and oxygen atoms in total. The molecule has 5 rings (SSSR count). The second kappa shape index (κ2) is 13.4. The van der Waals surface area contributed by atoms with E-state index >= 15 is 0 Å². The molecule has 0 bridgehead atoms. The van der Waals surface area contributed by atoms with Crippen LogP contribution < -0.4 is 0 Å². The number of rotatable bonds is 11. The van der Waals surface area contributed by atoms with Crippen molar-refractivity contribution in [1.82, 2.24) is 9.21 Å². The summed E-state index contributed by atoms with van der Waals surface area (Å²) in [5, 5.41) is 20.6. The Morgan fingerprint density at radius 3 is 2.43 bits per heavy atom. The summed E-state index contributed by atoms with van der Waals surface area (Å²) in [4.78, 5) is 28.6. The van der Waals surface area contributed by atoms with Crippen LogP contribution in [-0.4, -0.2) is 47.5 Å². The van der Waals surface area contributed by atoms with Crippen molar-refractivity contribution in [2.24, 2.45) is 11.3 Å². The molecule has 1 saturated heterocycles. The fraction of sp³-hybridized carbons (Fsp3) is 0.364. The molecule has 11 heteroatoms. The molecule has 3 aromatic carbocycles. The van der Waals surface area contributed by atoms with Gasteiger partial charge in [-0.15, -0.1) is 0 Å². The lowest BCUT2D eigenvalue weighted by molar-refractivity contribution is -0.161. The van der Waals surface area contributed by atoms with Crippen LogP contribution >= 0.6 is 23.2 Å². The SMILES string of the molecule is C[C@@]1(CC(=O)O)C[C@@H](c2cccc(Cl)c2)[C@@H](c2ccc(Cl)cc2)N([C@H](CN(Cc2ccccc2C#N)S(=O)[O-])C2CC2)C1=O. The van der Waals surface area contributed by atoms with E-state index in [0.29, 0.717) is 21.2 Å². The lowest BCUT2D eigenvalue weighted by atomic mass is 9.67. The van der Waals surface area contributed by atoms with Crippen LogP contribution in [-0.2, 0) is 27.4 Å². The molecule has 1 saturated carbocycles. The fourth-order valence-electron chi connectivity index (χ4n) is 6.53. The van der Waals surface area contributed by atoms with Gasteiger partial charge in [0.15, 0.2) is 0 Å². The largest absolute Gasteiger partial charge is 0.760 e. The predicted molar refractivity (Wildman–Crippen MR) is 167 cm³/mol. The minimum absolute atomic E-state index is 0.0121. The third kappa shape index (κ3) is 7.01. The molecular formula is C33H32Cl2N3O5S-. The molecule has 1 aliphatic carbocycles. The van der Waals surface area contributed by atoms with Gasteiger partial charge in [-0.3, -0.25) is 13.8 Å². The molecule has 44 heavy (non-hydrogen) atoms. The molecule has 230 valence electrons. The van der Waals surface area contributed by atoms with Crippen LogP contribution in [0, 0.1) is 22.7 Å². The van der Waals surface area contributed by atoms with Crippen molar-refractivity contribution in [3.05, 3.63) is 105 Å². The molecule has 3 aromatic rings. The lowest BCUT2D eigenvalue weighted by Crippen LogP contribution is -2.59. The van der Waals surface area contributed by atoms with E-state index in [2.05, 4.69) is 6.07 Å². The highest BCUT2D eigenvalue weighted by Gasteiger charge is 2.54. The molecule has 0 spiro atoms. The van der Waals surface area contributed by atoms with Crippen LogP contribution in [0.3, 0.4) is 0 Å². The van der Waals surface area contributed by atoms with Crippen LogP contribution in [0.1, 0.15) is 66.8 Å². The summed E-state index contributed by atoms with van der Waals surface area (Å²) in [7, 11) is 0. The number of nitriles is 1. The van der Waals surface area contributed by atoms with Gasteiger partial charge < -0.3 is 14.6 Å². The molecule has 0 radical (unpaired) electrons. The van der Waals surface area contributed by atoms with Crippen molar-refractivity contribution in [2.75, 3.05) is 6.54 Å². The van der Waals surface area contributed by atoms with Gasteiger partial charge >= 0.3 is 5.97 Å². The average molecular weight is 654 g/mol. The topological polar surface area (TPSA) is 125 Å². The summed E-state index contributed by atoms with van der Waals surface area (Å²) in [5.41, 5.74) is 1.33. The molecule has 2 fully saturated rings. The molecule has 1 aliphatic heterocycles. The molecule has 0 aromatic heterocycles. The fourth-order valence-corrected chi connectivity index (χ4v) is 7.38. The van der Waals surface area contributed by atoms with Crippen LogP contribution in [0.5, 0.6) is 0 Å². The smallest absolute Gasteiger partial charge is 0.304 e. The van der Waals surface area contributed by atoms with Crippen LogP contribution in [0.25, 0.3) is 0 Å². The van der Waals surface area contributed by atoms with Gasteiger partial charge in [-0.25, -0.2) is 4.31 Å². The van der Waals surface area contributed by atoms with E-state index in [1.807, 2.05) is 30.3 Å². The van der Waals surface area contributed by atoms with E-state index in [1.165, 1.54) is 4.31 Å². The first-order valence-corrected chi connectivity index (χ1v) is 16.2. The first-order valence-electron chi connectivity index (χ1n) is 14.4. The third-order valence-corrected chi connectivity index (χ3v) is 9.93. The Hall–Kier alpha value is -3.26. The number of carbonyl (C=O) groups is 2. The number of piperidine rings is 1. The van der Waals surface area contributed by atoms with Crippen LogP contribution in [0.15, 0.2) is 72.8 Å². The summed E-state index contributed by atoms with van der Waals surface area (Å²) < 4.78 is 26.6. The van der Waals surface area contributed by atoms with E-state index in [-0.39, 0.29) is 43.7 Å². The monoisotopic (exact) mass is 652 g/mol. The van der Waals surface area contributed by atoms with E-state index < -0.39 is 34.7 Å². The maximum absolute atomic E-state index is 14.7. The quantitative estimate of drug-likeness (QED) is 0.236. The second-order valence-corrected chi connectivity index (χ2v) is 13.7. The van der Waals surface area contributed by atoms with Gasteiger partial charge in [0.2, 0.25) is 5.91 Å². The first kappa shape index (κ1) is 32.1. The molecule has 1 amide bonds. The Kier molecular flexibility index (Phi) is 9.78. The third-order valence-electron chi connectivity index (χ3n) is 8.74. The van der Waals surface area contributed by atoms with Gasteiger partial charge in [0.1, 0.15) is 0 Å². The molecule has 1 N–H and O–H groups in total. The molecule has 1 unspecified atom stereocenters. The van der Waals surface area contributed by atoms with E-state index in [4.69, 9.17) is 23.2 Å². The maximum Gasteiger partial charge on any atom is 0.304 e. The number of carbonyl (C=O) groups excluding carboxylic acids is 1. The minimum Gasteiger partial charge on any atom is -0.760 e. The van der Waals surface area contributed by atoms with Crippen molar-refractivity contribution in [3.63, 3.8) is 0 Å². The van der Waals surface area contributed by atoms with E-state index in [9.17, 15) is 28.7 Å². The molecule has 2 aliphatic rings. The zero-order valence-electron chi connectivity index (χ0n) is 24.1. The minimum atomic E-state index is -2.67. The Morgan fingerprint density at radius 1 is 1.11 bits per heavy atom.